The summed E-state index contributed by atoms with van der Waals surface area (Å²) >= 11 is 0. The average Bonchev–Trinajstić information content (AvgIpc) is 3.02. The quantitative estimate of drug-likeness (QED) is 0.711. The molecule has 0 fully saturated rings. The highest BCUT2D eigenvalue weighted by atomic mass is 16.1. The van der Waals surface area contributed by atoms with E-state index in [1.54, 1.807) is 18.5 Å². The molecule has 2 aromatic heterocycles. The topological polar surface area (TPSA) is 70.7 Å². The van der Waals surface area contributed by atoms with E-state index in [0.29, 0.717) is 0 Å². The molecule has 23 heavy (non-hydrogen) atoms. The minimum Gasteiger partial charge on any atom is -0.343 e. The number of nitrogens with one attached hydrogen (secondary N) is 2. The number of aromatic amines is 1. The van der Waals surface area contributed by atoms with Gasteiger partial charge in [-0.25, -0.2) is 4.98 Å². The van der Waals surface area contributed by atoms with Crippen molar-refractivity contribution in [1.29, 1.82) is 0 Å². The van der Waals surface area contributed by atoms with Gasteiger partial charge in [0.05, 0.1) is 17.1 Å². The van der Waals surface area contributed by atoms with Gasteiger partial charge in [-0.15, -0.1) is 0 Å². The number of para-hydroxylation sites is 2. The Labute approximate surface area is 134 Å². The zero-order valence-corrected chi connectivity index (χ0v) is 12.9. The van der Waals surface area contributed by atoms with Crippen molar-refractivity contribution in [1.82, 2.24) is 20.3 Å². The minimum absolute atomic E-state index is 0.142. The van der Waals surface area contributed by atoms with Crippen LogP contribution in [0, 0.1) is 0 Å². The van der Waals surface area contributed by atoms with E-state index in [9.17, 15) is 4.79 Å². The second kappa shape index (κ2) is 6.87. The van der Waals surface area contributed by atoms with Gasteiger partial charge in [0, 0.05) is 18.5 Å². The largest absolute Gasteiger partial charge is 0.343 e. The van der Waals surface area contributed by atoms with E-state index < -0.39 is 0 Å². The van der Waals surface area contributed by atoms with Crippen LogP contribution < -0.4 is 5.32 Å². The Morgan fingerprint density at radius 3 is 2.78 bits per heavy atom. The molecule has 116 valence electrons. The van der Waals surface area contributed by atoms with Crippen LogP contribution in [-0.4, -0.2) is 20.9 Å². The smallest absolute Gasteiger partial charge is 0.244 e. The van der Waals surface area contributed by atoms with E-state index in [1.807, 2.05) is 43.3 Å². The molecule has 1 atom stereocenters. The second-order valence-corrected chi connectivity index (χ2v) is 5.22. The molecule has 0 spiro atoms. The van der Waals surface area contributed by atoms with Crippen molar-refractivity contribution >= 4 is 23.0 Å². The molecule has 0 aliphatic heterocycles. The number of carbonyl (C=O) groups is 1. The zero-order valence-electron chi connectivity index (χ0n) is 12.9. The number of fused-ring (bicyclic) bond motifs is 1. The maximum Gasteiger partial charge on any atom is 0.244 e. The Morgan fingerprint density at radius 2 is 2.04 bits per heavy atom. The molecular formula is C18H18N4O. The maximum absolute atomic E-state index is 12.1. The van der Waals surface area contributed by atoms with Crippen LogP contribution in [0.3, 0.4) is 0 Å². The fourth-order valence-corrected chi connectivity index (χ4v) is 2.37. The van der Waals surface area contributed by atoms with Gasteiger partial charge in [0.25, 0.3) is 0 Å². The summed E-state index contributed by atoms with van der Waals surface area (Å²) in [5, 5.41) is 2.98. The highest BCUT2D eigenvalue weighted by Crippen LogP contribution is 2.18. The number of H-pyrrole nitrogens is 1. The predicted molar refractivity (Wildman–Crippen MR) is 90.5 cm³/mol. The molecule has 5 nitrogen and oxygen atoms in total. The van der Waals surface area contributed by atoms with Crippen molar-refractivity contribution in [3.63, 3.8) is 0 Å². The lowest BCUT2D eigenvalue weighted by molar-refractivity contribution is -0.117. The molecule has 0 radical (unpaired) electrons. The van der Waals surface area contributed by atoms with Crippen LogP contribution in [0.5, 0.6) is 0 Å². The molecule has 0 saturated carbocycles. The van der Waals surface area contributed by atoms with E-state index in [1.165, 1.54) is 6.08 Å². The fraction of sp³-hybridized carbons (Fsp3) is 0.167. The third kappa shape index (κ3) is 3.63. The summed E-state index contributed by atoms with van der Waals surface area (Å²) in [6.45, 7) is 2.02. The van der Waals surface area contributed by atoms with Crippen LogP contribution in [0.15, 0.2) is 54.9 Å². The maximum atomic E-state index is 12.1. The van der Waals surface area contributed by atoms with Gasteiger partial charge in [0.1, 0.15) is 5.82 Å². The molecule has 0 aliphatic rings. The summed E-state index contributed by atoms with van der Waals surface area (Å²) in [5.74, 6) is 0.633. The molecule has 0 aliphatic carbocycles. The van der Waals surface area contributed by atoms with Crippen LogP contribution in [-0.2, 0) is 4.79 Å². The molecule has 3 aromatic rings. The summed E-state index contributed by atoms with van der Waals surface area (Å²) in [7, 11) is 0. The average molecular weight is 306 g/mol. The number of hydrogen-bond donors (Lipinski definition) is 2. The Bertz CT molecular complexity index is 790. The minimum atomic E-state index is -0.144. The van der Waals surface area contributed by atoms with Crippen LogP contribution in [0.1, 0.15) is 30.8 Å². The molecule has 0 bridgehead atoms. The number of aromatic nitrogens is 3. The lowest BCUT2D eigenvalue weighted by Gasteiger charge is -2.12. The molecule has 0 saturated heterocycles. The third-order valence-corrected chi connectivity index (χ3v) is 3.60. The lowest BCUT2D eigenvalue weighted by Crippen LogP contribution is -2.27. The van der Waals surface area contributed by atoms with Crippen molar-refractivity contribution in [2.45, 2.75) is 19.4 Å². The Balaban J connectivity index is 1.71. The van der Waals surface area contributed by atoms with Crippen molar-refractivity contribution < 1.29 is 4.79 Å². The predicted octanol–water partition coefficient (Wildman–Crippen LogP) is 3.24. The number of hydrogen-bond acceptors (Lipinski definition) is 3. The lowest BCUT2D eigenvalue weighted by atomic mass is 10.2. The van der Waals surface area contributed by atoms with E-state index in [0.717, 1.165) is 28.8 Å². The summed E-state index contributed by atoms with van der Waals surface area (Å²) in [6.07, 6.45) is 7.44. The SMILES string of the molecule is CCC(NC(=O)C=Cc1ccncc1)c1nc2ccccc2[nH]1. The second-order valence-electron chi connectivity index (χ2n) is 5.22. The monoisotopic (exact) mass is 306 g/mol. The first-order valence-electron chi connectivity index (χ1n) is 7.59. The molecule has 2 heterocycles. The van der Waals surface area contributed by atoms with Crippen molar-refractivity contribution in [2.24, 2.45) is 0 Å². The highest BCUT2D eigenvalue weighted by molar-refractivity contribution is 5.92. The molecule has 1 unspecified atom stereocenters. The first-order chi connectivity index (χ1) is 11.3. The summed E-state index contributed by atoms with van der Waals surface area (Å²) in [5.41, 5.74) is 2.82. The number of pyridine rings is 1. The standard InChI is InChI=1S/C18H18N4O/c1-2-14(18-21-15-5-3-4-6-16(15)22-18)20-17(23)8-7-13-9-11-19-12-10-13/h3-12,14H,2H2,1H3,(H,20,23)(H,21,22). The molecule has 1 amide bonds. The van der Waals surface area contributed by atoms with Crippen LogP contribution in [0.25, 0.3) is 17.1 Å². The number of carbonyl (C=O) groups excluding carboxylic acids is 1. The van der Waals surface area contributed by atoms with Gasteiger partial charge >= 0.3 is 0 Å². The van der Waals surface area contributed by atoms with E-state index in [2.05, 4.69) is 20.3 Å². The van der Waals surface area contributed by atoms with E-state index >= 15 is 0 Å². The molecule has 3 rings (SSSR count). The van der Waals surface area contributed by atoms with E-state index in [4.69, 9.17) is 0 Å². The molecule has 1 aromatic carbocycles. The number of rotatable bonds is 5. The number of nitrogens with zero attached hydrogens (tertiary/aromatic N) is 2. The third-order valence-electron chi connectivity index (χ3n) is 3.60. The number of benzene rings is 1. The first-order valence-corrected chi connectivity index (χ1v) is 7.59. The van der Waals surface area contributed by atoms with E-state index in [-0.39, 0.29) is 11.9 Å². The van der Waals surface area contributed by atoms with Crippen molar-refractivity contribution in [3.05, 3.63) is 66.3 Å². The van der Waals surface area contributed by atoms with Crippen molar-refractivity contribution in [2.75, 3.05) is 0 Å². The Kier molecular flexibility index (Phi) is 4.47. The number of imidazole rings is 1. The first kappa shape index (κ1) is 15.0. The van der Waals surface area contributed by atoms with Gasteiger partial charge in [-0.3, -0.25) is 9.78 Å². The van der Waals surface area contributed by atoms with Gasteiger partial charge in [0.15, 0.2) is 0 Å². The summed E-state index contributed by atoms with van der Waals surface area (Å²) < 4.78 is 0. The summed E-state index contributed by atoms with van der Waals surface area (Å²) in [6, 6.07) is 11.4. The Morgan fingerprint density at radius 1 is 1.26 bits per heavy atom. The van der Waals surface area contributed by atoms with Gasteiger partial charge in [-0.2, -0.15) is 0 Å². The van der Waals surface area contributed by atoms with Crippen LogP contribution >= 0.6 is 0 Å². The fourth-order valence-electron chi connectivity index (χ4n) is 2.37. The summed E-state index contributed by atoms with van der Waals surface area (Å²) in [4.78, 5) is 23.9. The normalized spacial score (nSPS) is 12.6. The molecule has 5 heteroatoms. The van der Waals surface area contributed by atoms with Gasteiger partial charge < -0.3 is 10.3 Å². The molecule has 2 N–H and O–H groups in total. The Hall–Kier alpha value is -2.95. The zero-order chi connectivity index (χ0) is 16.1. The van der Waals surface area contributed by atoms with Gasteiger partial charge in [-0.1, -0.05) is 19.1 Å². The van der Waals surface area contributed by atoms with Gasteiger partial charge in [0.2, 0.25) is 5.91 Å². The number of amides is 1. The van der Waals surface area contributed by atoms with Gasteiger partial charge in [-0.05, 0) is 42.3 Å². The van der Waals surface area contributed by atoms with Crippen LogP contribution in [0.4, 0.5) is 0 Å². The van der Waals surface area contributed by atoms with Crippen LogP contribution in [0.2, 0.25) is 0 Å². The van der Waals surface area contributed by atoms with Crippen molar-refractivity contribution in [3.8, 4) is 0 Å². The molecular weight excluding hydrogens is 288 g/mol. The highest BCUT2D eigenvalue weighted by Gasteiger charge is 2.15.